The van der Waals surface area contributed by atoms with Gasteiger partial charge >= 0.3 is 0 Å². The molecule has 0 spiro atoms. The molecule has 0 bridgehead atoms. The van der Waals surface area contributed by atoms with Crippen LogP contribution < -0.4 is 10.6 Å². The van der Waals surface area contributed by atoms with Crippen molar-refractivity contribution < 1.29 is 4.92 Å². The first-order chi connectivity index (χ1) is 7.56. The molecule has 0 unspecified atom stereocenters. The zero-order valence-electron chi connectivity index (χ0n) is 9.34. The number of hydrogen-bond acceptors (Lipinski definition) is 5. The summed E-state index contributed by atoms with van der Waals surface area (Å²) in [6.45, 7) is 0.864. The van der Waals surface area contributed by atoms with E-state index in [9.17, 15) is 10.1 Å². The molecule has 0 aromatic heterocycles. The number of hydrogen-bond donors (Lipinski definition) is 1. The van der Waals surface area contributed by atoms with Crippen LogP contribution in [0.25, 0.3) is 0 Å². The third-order valence-electron chi connectivity index (χ3n) is 2.26. The van der Waals surface area contributed by atoms with Gasteiger partial charge in [-0.2, -0.15) is 11.8 Å². The molecule has 0 aliphatic heterocycles. The predicted octanol–water partition coefficient (Wildman–Crippen LogP) is 1.98. The van der Waals surface area contributed by atoms with Gasteiger partial charge in [0.05, 0.1) is 16.3 Å². The lowest BCUT2D eigenvalue weighted by Gasteiger charge is -2.20. The van der Waals surface area contributed by atoms with E-state index in [1.807, 2.05) is 18.2 Å². The summed E-state index contributed by atoms with van der Waals surface area (Å²) in [6, 6.07) is 4.56. The van der Waals surface area contributed by atoms with Crippen LogP contribution in [0.3, 0.4) is 0 Å². The summed E-state index contributed by atoms with van der Waals surface area (Å²) in [6.07, 6.45) is 2.03. The number of benzene rings is 1. The van der Waals surface area contributed by atoms with E-state index in [0.717, 1.165) is 18.0 Å². The molecule has 0 heterocycles. The third-order valence-corrected chi connectivity index (χ3v) is 2.85. The van der Waals surface area contributed by atoms with Crippen LogP contribution in [-0.2, 0) is 0 Å². The molecule has 16 heavy (non-hydrogen) atoms. The Hall–Kier alpha value is -1.43. The average Bonchev–Trinajstić information content (AvgIpc) is 2.25. The lowest BCUT2D eigenvalue weighted by Crippen LogP contribution is -2.21. The highest BCUT2D eigenvalue weighted by molar-refractivity contribution is 7.98. The van der Waals surface area contributed by atoms with Crippen LogP contribution in [0.15, 0.2) is 18.2 Å². The summed E-state index contributed by atoms with van der Waals surface area (Å²) in [4.78, 5) is 12.1. The van der Waals surface area contributed by atoms with Gasteiger partial charge in [-0.25, -0.2) is 0 Å². The molecule has 0 saturated carbocycles. The van der Waals surface area contributed by atoms with E-state index in [4.69, 9.17) is 5.73 Å². The van der Waals surface area contributed by atoms with Crippen molar-refractivity contribution in [2.24, 2.45) is 0 Å². The highest BCUT2D eigenvalue weighted by Crippen LogP contribution is 2.26. The Morgan fingerprint density at radius 3 is 2.75 bits per heavy atom. The molecule has 5 nitrogen and oxygen atoms in total. The maximum Gasteiger partial charge on any atom is 0.271 e. The number of nitrogens with zero attached hydrogens (tertiary/aromatic N) is 2. The SMILES string of the molecule is CSCCN(C)c1ccc([N+](=O)[O-])cc1N. The summed E-state index contributed by atoms with van der Waals surface area (Å²) >= 11 is 1.75. The first-order valence-corrected chi connectivity index (χ1v) is 6.19. The van der Waals surface area contributed by atoms with Crippen LogP contribution in [0.1, 0.15) is 0 Å². The Labute approximate surface area is 98.8 Å². The zero-order chi connectivity index (χ0) is 12.1. The van der Waals surface area contributed by atoms with Gasteiger partial charge in [-0.1, -0.05) is 0 Å². The monoisotopic (exact) mass is 241 g/mol. The van der Waals surface area contributed by atoms with Crippen molar-refractivity contribution in [1.29, 1.82) is 0 Å². The number of nitrogen functional groups attached to an aromatic ring is 1. The molecule has 0 fully saturated rings. The summed E-state index contributed by atoms with van der Waals surface area (Å²) in [7, 11) is 1.92. The minimum atomic E-state index is -0.442. The number of thioether (sulfide) groups is 1. The molecule has 88 valence electrons. The van der Waals surface area contributed by atoms with Crippen molar-refractivity contribution in [2.75, 3.05) is 36.2 Å². The molecular weight excluding hydrogens is 226 g/mol. The van der Waals surface area contributed by atoms with E-state index < -0.39 is 4.92 Å². The molecule has 1 rings (SSSR count). The summed E-state index contributed by atoms with van der Waals surface area (Å²) in [5, 5.41) is 10.5. The van der Waals surface area contributed by atoms with Crippen molar-refractivity contribution in [2.45, 2.75) is 0 Å². The molecule has 1 aromatic carbocycles. The maximum absolute atomic E-state index is 10.5. The van der Waals surface area contributed by atoms with Gasteiger partial charge in [0.1, 0.15) is 0 Å². The van der Waals surface area contributed by atoms with Crippen molar-refractivity contribution in [3.63, 3.8) is 0 Å². The Bertz CT molecular complexity index is 384. The Morgan fingerprint density at radius 1 is 1.56 bits per heavy atom. The lowest BCUT2D eigenvalue weighted by atomic mass is 10.2. The normalized spacial score (nSPS) is 10.1. The molecular formula is C10H15N3O2S. The summed E-state index contributed by atoms with van der Waals surface area (Å²) < 4.78 is 0. The van der Waals surface area contributed by atoms with Crippen molar-refractivity contribution in [3.8, 4) is 0 Å². The fourth-order valence-electron chi connectivity index (χ4n) is 1.35. The zero-order valence-corrected chi connectivity index (χ0v) is 10.2. The molecule has 1 aromatic rings. The van der Waals surface area contributed by atoms with Crippen LogP contribution in [0.2, 0.25) is 0 Å². The summed E-state index contributed by atoms with van der Waals surface area (Å²) in [5.74, 6) is 0.993. The average molecular weight is 241 g/mol. The lowest BCUT2D eigenvalue weighted by molar-refractivity contribution is -0.384. The number of nitrogens with two attached hydrogens (primary N) is 1. The fraction of sp³-hybridized carbons (Fsp3) is 0.400. The van der Waals surface area contributed by atoms with E-state index in [1.165, 1.54) is 12.1 Å². The van der Waals surface area contributed by atoms with Gasteiger partial charge < -0.3 is 10.6 Å². The molecule has 0 amide bonds. The van der Waals surface area contributed by atoms with Crippen molar-refractivity contribution in [1.82, 2.24) is 0 Å². The smallest absolute Gasteiger partial charge is 0.271 e. The third kappa shape index (κ3) is 3.03. The first-order valence-electron chi connectivity index (χ1n) is 4.80. The molecule has 6 heteroatoms. The maximum atomic E-state index is 10.5. The molecule has 2 N–H and O–H groups in total. The second kappa shape index (κ2) is 5.60. The van der Waals surface area contributed by atoms with E-state index in [2.05, 4.69) is 0 Å². The van der Waals surface area contributed by atoms with Crippen LogP contribution in [-0.4, -0.2) is 30.5 Å². The predicted molar refractivity (Wildman–Crippen MR) is 69.2 cm³/mol. The van der Waals surface area contributed by atoms with Crippen LogP contribution >= 0.6 is 11.8 Å². The summed E-state index contributed by atoms with van der Waals surface area (Å²) in [5.41, 5.74) is 7.08. The Kier molecular flexibility index (Phi) is 4.42. The van der Waals surface area contributed by atoms with Gasteiger partial charge in [-0.3, -0.25) is 10.1 Å². The standard InChI is InChI=1S/C10H15N3O2S/c1-12(5-6-16-2)10-4-3-8(13(14)15)7-9(10)11/h3-4,7H,5-6,11H2,1-2H3. The van der Waals surface area contributed by atoms with Gasteiger partial charge in [0.25, 0.3) is 5.69 Å². The number of nitro groups is 1. The van der Waals surface area contributed by atoms with Gasteiger partial charge in [0, 0.05) is 31.5 Å². The number of anilines is 2. The number of nitro benzene ring substituents is 1. The van der Waals surface area contributed by atoms with E-state index >= 15 is 0 Å². The van der Waals surface area contributed by atoms with Crippen molar-refractivity contribution in [3.05, 3.63) is 28.3 Å². The van der Waals surface area contributed by atoms with Gasteiger partial charge in [0.2, 0.25) is 0 Å². The highest BCUT2D eigenvalue weighted by atomic mass is 32.2. The van der Waals surface area contributed by atoms with Gasteiger partial charge in [0.15, 0.2) is 0 Å². The van der Waals surface area contributed by atoms with Gasteiger partial charge in [-0.15, -0.1) is 0 Å². The molecule has 0 aliphatic rings. The minimum Gasteiger partial charge on any atom is -0.397 e. The largest absolute Gasteiger partial charge is 0.397 e. The van der Waals surface area contributed by atoms with Crippen molar-refractivity contribution >= 4 is 28.8 Å². The highest BCUT2D eigenvalue weighted by Gasteiger charge is 2.10. The molecule has 0 aliphatic carbocycles. The molecule has 0 radical (unpaired) electrons. The van der Waals surface area contributed by atoms with E-state index in [1.54, 1.807) is 17.8 Å². The Balaban J connectivity index is 2.85. The second-order valence-electron chi connectivity index (χ2n) is 3.41. The first kappa shape index (κ1) is 12.6. The van der Waals surface area contributed by atoms with E-state index in [0.29, 0.717) is 5.69 Å². The van der Waals surface area contributed by atoms with Crippen LogP contribution in [0, 0.1) is 10.1 Å². The second-order valence-corrected chi connectivity index (χ2v) is 4.40. The Morgan fingerprint density at radius 2 is 2.25 bits per heavy atom. The number of rotatable bonds is 5. The van der Waals surface area contributed by atoms with E-state index in [-0.39, 0.29) is 5.69 Å². The fourth-order valence-corrected chi connectivity index (χ4v) is 1.81. The topological polar surface area (TPSA) is 72.4 Å². The molecule has 0 atom stereocenters. The van der Waals surface area contributed by atoms with Gasteiger partial charge in [-0.05, 0) is 12.3 Å². The van der Waals surface area contributed by atoms with Crippen LogP contribution in [0.5, 0.6) is 0 Å². The molecule has 0 saturated heterocycles. The minimum absolute atomic E-state index is 0.0273. The van der Waals surface area contributed by atoms with Crippen LogP contribution in [0.4, 0.5) is 17.1 Å². The number of non-ortho nitro benzene ring substituents is 1. The quantitative estimate of drug-likeness (QED) is 0.485.